The van der Waals surface area contributed by atoms with E-state index in [9.17, 15) is 28.8 Å². The summed E-state index contributed by atoms with van der Waals surface area (Å²) in [5.74, 6) is -1.49. The normalized spacial score (nSPS) is 21.1. The summed E-state index contributed by atoms with van der Waals surface area (Å²) in [6.07, 6.45) is 10.8. The van der Waals surface area contributed by atoms with Gasteiger partial charge in [0.15, 0.2) is 0 Å². The zero-order valence-corrected chi connectivity index (χ0v) is 43.1. The molecule has 1 aromatic heterocycles. The first kappa shape index (κ1) is 52.3. The van der Waals surface area contributed by atoms with Crippen LogP contribution >= 0.6 is 0 Å². The topological polar surface area (TPSA) is 175 Å². The third kappa shape index (κ3) is 12.8. The highest BCUT2D eigenvalue weighted by atomic mass is 19.1. The van der Waals surface area contributed by atoms with Crippen molar-refractivity contribution in [3.63, 3.8) is 0 Å². The van der Waals surface area contributed by atoms with E-state index in [1.54, 1.807) is 40.1 Å². The average Bonchev–Trinajstić information content (AvgIpc) is 4.29. The molecule has 0 spiro atoms. The molecule has 0 bridgehead atoms. The summed E-state index contributed by atoms with van der Waals surface area (Å²) in [6.45, 7) is 8.19. The van der Waals surface area contributed by atoms with Crippen LogP contribution in [0.25, 0.3) is 10.8 Å². The molecule has 10 rings (SSSR count). The monoisotopic (exact) mass is 1030 g/mol. The van der Waals surface area contributed by atoms with Gasteiger partial charge in [-0.2, -0.15) is 5.10 Å². The summed E-state index contributed by atoms with van der Waals surface area (Å²) in [5.41, 5.74) is 1.77. The van der Waals surface area contributed by atoms with Crippen LogP contribution in [-0.2, 0) is 20.8 Å². The molecule has 4 aliphatic heterocycles. The minimum atomic E-state index is -0.660. The van der Waals surface area contributed by atoms with Crippen molar-refractivity contribution in [2.45, 2.75) is 95.1 Å². The molecule has 2 atom stereocenters. The Morgan fingerprint density at radius 1 is 0.667 bits per heavy atom. The smallest absolute Gasteiger partial charge is 0.272 e. The minimum absolute atomic E-state index is 0.0255. The third-order valence-corrected chi connectivity index (χ3v) is 16.9. The number of H-pyrrole nitrogens is 1. The molecule has 18 heteroatoms. The van der Waals surface area contributed by atoms with Gasteiger partial charge in [0.25, 0.3) is 17.4 Å². The molecule has 400 valence electrons. The molecule has 2 aliphatic carbocycles. The number of aromatic nitrogens is 2. The quantitative estimate of drug-likeness (QED) is 0.151. The van der Waals surface area contributed by atoms with Gasteiger partial charge in [0.1, 0.15) is 17.7 Å². The highest BCUT2D eigenvalue weighted by Gasteiger charge is 2.37. The van der Waals surface area contributed by atoms with Crippen LogP contribution in [0.4, 0.5) is 8.78 Å². The molecular weight excluding hydrogens is 959 g/mol. The standard InChI is InChI=1S/C57H72F2N10O6/c58-48-17-13-41(33-46(48)42-9-6-20-69(36-42)51(70)34-60-43-14-15-43)54(72)61-53(40-7-2-1-3-8-40)57(75)68-25-23-65(24-26-68)35-38-18-21-64(22-19-38)37-52(71)66-27-29-67(30-28-66)56(74)47-31-39(12-16-49(47)59)32-50-44-10-4-5-11-45(44)55(73)63-62-50/h4-5,10-13,16-17,31,33,38,40,42-43,53,60H,1-3,6-9,14-15,18-30,32,34-37H2,(H,61,72)(H,63,73)/t42?,53-/m1/s1. The Kier molecular flexibility index (Phi) is 16.6. The molecule has 75 heavy (non-hydrogen) atoms. The van der Waals surface area contributed by atoms with Gasteiger partial charge in [-0.15, -0.1) is 0 Å². The number of likely N-dealkylation sites (tertiary alicyclic amines) is 2. The molecule has 1 unspecified atom stereocenters. The van der Waals surface area contributed by atoms with Crippen molar-refractivity contribution in [2.24, 2.45) is 11.8 Å². The van der Waals surface area contributed by atoms with Gasteiger partial charge in [-0.3, -0.25) is 38.6 Å². The first-order valence-corrected chi connectivity index (χ1v) is 27.6. The number of carbonyl (C=O) groups excluding carboxylic acids is 5. The summed E-state index contributed by atoms with van der Waals surface area (Å²) in [7, 11) is 0. The number of halogens is 2. The fourth-order valence-corrected chi connectivity index (χ4v) is 12.2. The van der Waals surface area contributed by atoms with E-state index in [2.05, 4.69) is 30.6 Å². The maximum atomic E-state index is 15.4. The number of hydrogen-bond donors (Lipinski definition) is 3. The molecule has 4 aromatic rings. The van der Waals surface area contributed by atoms with Gasteiger partial charge in [0.2, 0.25) is 17.7 Å². The molecule has 6 aliphatic rings. The predicted octanol–water partition coefficient (Wildman–Crippen LogP) is 4.77. The zero-order chi connectivity index (χ0) is 52.0. The Morgan fingerprint density at radius 3 is 2.12 bits per heavy atom. The lowest BCUT2D eigenvalue weighted by Gasteiger charge is -2.41. The van der Waals surface area contributed by atoms with Crippen LogP contribution in [0, 0.1) is 23.5 Å². The second kappa shape index (κ2) is 23.8. The Bertz CT molecular complexity index is 2780. The van der Waals surface area contributed by atoms with Gasteiger partial charge in [0.05, 0.1) is 29.7 Å². The summed E-state index contributed by atoms with van der Waals surface area (Å²) in [6, 6.07) is 15.9. The lowest BCUT2D eigenvalue weighted by molar-refractivity contribution is -0.137. The highest BCUT2D eigenvalue weighted by Crippen LogP contribution is 2.32. The average molecular weight is 1030 g/mol. The number of nitrogens with one attached hydrogen (secondary N) is 3. The van der Waals surface area contributed by atoms with Crippen LogP contribution in [0.2, 0.25) is 0 Å². The number of rotatable bonds is 15. The van der Waals surface area contributed by atoms with E-state index in [0.29, 0.717) is 117 Å². The van der Waals surface area contributed by atoms with Crippen molar-refractivity contribution < 1.29 is 32.8 Å². The lowest BCUT2D eigenvalue weighted by Crippen LogP contribution is -2.57. The van der Waals surface area contributed by atoms with E-state index in [4.69, 9.17) is 0 Å². The van der Waals surface area contributed by atoms with E-state index in [0.717, 1.165) is 103 Å². The van der Waals surface area contributed by atoms with Gasteiger partial charge in [-0.1, -0.05) is 43.5 Å². The van der Waals surface area contributed by atoms with E-state index in [1.807, 2.05) is 21.9 Å². The van der Waals surface area contributed by atoms with Gasteiger partial charge >= 0.3 is 0 Å². The molecule has 16 nitrogen and oxygen atoms in total. The van der Waals surface area contributed by atoms with Crippen molar-refractivity contribution in [1.29, 1.82) is 0 Å². The molecule has 2 saturated carbocycles. The Balaban J connectivity index is 0.660. The predicted molar refractivity (Wildman–Crippen MR) is 280 cm³/mol. The number of amides is 5. The van der Waals surface area contributed by atoms with E-state index >= 15 is 8.78 Å². The van der Waals surface area contributed by atoms with Gasteiger partial charge in [-0.25, -0.2) is 13.9 Å². The number of fused-ring (bicyclic) bond motifs is 1. The number of benzene rings is 3. The molecule has 5 heterocycles. The summed E-state index contributed by atoms with van der Waals surface area (Å²) >= 11 is 0. The fourth-order valence-electron chi connectivity index (χ4n) is 12.2. The van der Waals surface area contributed by atoms with Crippen LogP contribution in [0.3, 0.4) is 0 Å². The number of piperazine rings is 2. The SMILES string of the molecule is O=C(N[C@@H](C(=O)N1CCN(CC2CCN(CC(=O)N3CCN(C(=O)c4cc(Cc5n[nH]c(=O)c6ccccc56)ccc4F)CC3)CC2)CC1)C1CCCCC1)c1ccc(F)c(C2CCCN(C(=O)CNC3CC3)C2)c1. The lowest BCUT2D eigenvalue weighted by atomic mass is 9.83. The van der Waals surface area contributed by atoms with E-state index < -0.39 is 17.8 Å². The van der Waals surface area contributed by atoms with Crippen molar-refractivity contribution in [3.05, 3.63) is 111 Å². The van der Waals surface area contributed by atoms with Crippen molar-refractivity contribution >= 4 is 40.3 Å². The van der Waals surface area contributed by atoms with Crippen LogP contribution in [0.15, 0.2) is 65.5 Å². The summed E-state index contributed by atoms with van der Waals surface area (Å²) < 4.78 is 30.6. The molecule has 0 radical (unpaired) electrons. The molecule has 3 aromatic carbocycles. The van der Waals surface area contributed by atoms with Crippen molar-refractivity contribution in [1.82, 2.24) is 50.2 Å². The number of aromatic amines is 1. The van der Waals surface area contributed by atoms with E-state index in [1.165, 1.54) is 18.2 Å². The second-order valence-electron chi connectivity index (χ2n) is 22.0. The molecule has 6 fully saturated rings. The maximum Gasteiger partial charge on any atom is 0.272 e. The number of hydrogen-bond acceptors (Lipinski definition) is 10. The van der Waals surface area contributed by atoms with Crippen molar-refractivity contribution in [2.75, 3.05) is 98.2 Å². The number of piperidine rings is 2. The molecule has 3 N–H and O–H groups in total. The van der Waals surface area contributed by atoms with Gasteiger partial charge in [-0.05, 0) is 124 Å². The summed E-state index contributed by atoms with van der Waals surface area (Å²) in [5, 5.41) is 14.4. The fraction of sp³-hybridized carbons (Fsp3) is 0.561. The molecule has 5 amide bonds. The first-order valence-electron chi connectivity index (χ1n) is 27.6. The van der Waals surface area contributed by atoms with Crippen LogP contribution < -0.4 is 16.2 Å². The van der Waals surface area contributed by atoms with Gasteiger partial charge in [0, 0.05) is 101 Å². The first-order chi connectivity index (χ1) is 36.4. The van der Waals surface area contributed by atoms with E-state index in [-0.39, 0.29) is 52.4 Å². The Hall–Kier alpha value is -6.11. The minimum Gasteiger partial charge on any atom is -0.341 e. The third-order valence-electron chi connectivity index (χ3n) is 16.9. The summed E-state index contributed by atoms with van der Waals surface area (Å²) in [4.78, 5) is 92.6. The van der Waals surface area contributed by atoms with Gasteiger partial charge < -0.3 is 30.2 Å². The van der Waals surface area contributed by atoms with Crippen LogP contribution in [-0.4, -0.2) is 179 Å². The second-order valence-corrected chi connectivity index (χ2v) is 22.0. The molecule has 4 saturated heterocycles. The van der Waals surface area contributed by atoms with Crippen LogP contribution in [0.5, 0.6) is 0 Å². The van der Waals surface area contributed by atoms with Crippen LogP contribution in [0.1, 0.15) is 114 Å². The number of carbonyl (C=O) groups is 5. The largest absolute Gasteiger partial charge is 0.341 e. The Morgan fingerprint density at radius 2 is 1.37 bits per heavy atom. The molecular formula is C57H72F2N10O6. The maximum absolute atomic E-state index is 15.4. The van der Waals surface area contributed by atoms with Crippen molar-refractivity contribution in [3.8, 4) is 0 Å². The zero-order valence-electron chi connectivity index (χ0n) is 43.1. The Labute approximate surface area is 437 Å². The highest BCUT2D eigenvalue weighted by molar-refractivity contribution is 5.98. The number of nitrogens with zero attached hydrogens (tertiary/aromatic N) is 7.